The molecule has 0 atom stereocenters. The lowest BCUT2D eigenvalue weighted by Gasteiger charge is -2.05. The van der Waals surface area contributed by atoms with Crippen molar-refractivity contribution >= 4 is 17.6 Å². The molecule has 0 heterocycles. The second-order valence-corrected chi connectivity index (χ2v) is 4.16. The van der Waals surface area contributed by atoms with E-state index in [1.807, 2.05) is 42.5 Å². The molecule has 2 aromatic rings. The first-order valence-electron chi connectivity index (χ1n) is 5.65. The van der Waals surface area contributed by atoms with Crippen LogP contribution in [0.1, 0.15) is 21.5 Å². The van der Waals surface area contributed by atoms with Crippen molar-refractivity contribution in [2.75, 3.05) is 0 Å². The molecule has 0 aliphatic rings. The molecule has 0 radical (unpaired) electrons. The van der Waals surface area contributed by atoms with Gasteiger partial charge in [0.1, 0.15) is 6.61 Å². The minimum Gasteiger partial charge on any atom is -0.457 e. The van der Waals surface area contributed by atoms with Gasteiger partial charge in [-0.25, -0.2) is 4.79 Å². The highest BCUT2D eigenvalue weighted by atomic mass is 35.5. The van der Waals surface area contributed by atoms with Gasteiger partial charge in [0, 0.05) is 5.88 Å². The topological polar surface area (TPSA) is 26.3 Å². The highest BCUT2D eigenvalue weighted by Gasteiger charge is 2.06. The standard InChI is InChI=1S/C15H13ClO2/c16-10-12-6-8-14(9-7-12)15(17)18-11-13-4-2-1-3-5-13/h1-9H,10-11H2. The number of carbonyl (C=O) groups is 1. The summed E-state index contributed by atoms with van der Waals surface area (Å²) in [6.45, 7) is 0.289. The third kappa shape index (κ3) is 3.34. The van der Waals surface area contributed by atoms with Gasteiger partial charge in [-0.2, -0.15) is 0 Å². The molecule has 0 saturated carbocycles. The Labute approximate surface area is 111 Å². The van der Waals surface area contributed by atoms with Gasteiger partial charge in [-0.05, 0) is 23.3 Å². The third-order valence-corrected chi connectivity index (χ3v) is 2.87. The fourth-order valence-corrected chi connectivity index (χ4v) is 1.71. The summed E-state index contributed by atoms with van der Waals surface area (Å²) in [5.41, 5.74) is 2.50. The molecule has 18 heavy (non-hydrogen) atoms. The Kier molecular flexibility index (Phi) is 4.37. The maximum absolute atomic E-state index is 11.8. The molecule has 0 spiro atoms. The summed E-state index contributed by atoms with van der Waals surface area (Å²) in [4.78, 5) is 11.8. The van der Waals surface area contributed by atoms with E-state index in [4.69, 9.17) is 16.3 Å². The van der Waals surface area contributed by atoms with Crippen LogP contribution in [0.15, 0.2) is 54.6 Å². The van der Waals surface area contributed by atoms with E-state index in [0.29, 0.717) is 11.4 Å². The molecular weight excluding hydrogens is 248 g/mol. The van der Waals surface area contributed by atoms with E-state index in [1.165, 1.54) is 0 Å². The van der Waals surface area contributed by atoms with Crippen LogP contribution >= 0.6 is 11.6 Å². The normalized spacial score (nSPS) is 10.1. The third-order valence-electron chi connectivity index (χ3n) is 2.56. The molecule has 0 aliphatic carbocycles. The number of rotatable bonds is 4. The minimum absolute atomic E-state index is 0.289. The van der Waals surface area contributed by atoms with Crippen molar-refractivity contribution in [3.63, 3.8) is 0 Å². The number of carbonyl (C=O) groups excluding carboxylic acids is 1. The van der Waals surface area contributed by atoms with Gasteiger partial charge in [0.05, 0.1) is 5.56 Å². The van der Waals surface area contributed by atoms with Crippen LogP contribution in [-0.2, 0) is 17.2 Å². The molecule has 0 N–H and O–H groups in total. The van der Waals surface area contributed by atoms with Gasteiger partial charge >= 0.3 is 5.97 Å². The van der Waals surface area contributed by atoms with Crippen molar-refractivity contribution in [3.8, 4) is 0 Å². The molecule has 0 unspecified atom stereocenters. The first-order valence-corrected chi connectivity index (χ1v) is 6.19. The summed E-state index contributed by atoms with van der Waals surface area (Å²) < 4.78 is 5.22. The van der Waals surface area contributed by atoms with Gasteiger partial charge in [0.2, 0.25) is 0 Å². The molecule has 0 bridgehead atoms. The van der Waals surface area contributed by atoms with Crippen molar-refractivity contribution in [1.82, 2.24) is 0 Å². The van der Waals surface area contributed by atoms with Gasteiger partial charge in [-0.3, -0.25) is 0 Å². The first kappa shape index (κ1) is 12.7. The smallest absolute Gasteiger partial charge is 0.338 e. The lowest BCUT2D eigenvalue weighted by molar-refractivity contribution is 0.0472. The average Bonchev–Trinajstić information content (AvgIpc) is 2.46. The van der Waals surface area contributed by atoms with Crippen molar-refractivity contribution in [1.29, 1.82) is 0 Å². The summed E-state index contributed by atoms with van der Waals surface area (Å²) >= 11 is 5.68. The van der Waals surface area contributed by atoms with Crippen LogP contribution in [0.2, 0.25) is 0 Å². The van der Waals surface area contributed by atoms with Crippen LogP contribution in [0, 0.1) is 0 Å². The molecule has 0 aliphatic heterocycles. The van der Waals surface area contributed by atoms with Crippen LogP contribution in [-0.4, -0.2) is 5.97 Å². The Balaban J connectivity index is 1.95. The minimum atomic E-state index is -0.319. The summed E-state index contributed by atoms with van der Waals surface area (Å²) in [6.07, 6.45) is 0. The molecule has 3 heteroatoms. The monoisotopic (exact) mass is 260 g/mol. The van der Waals surface area contributed by atoms with Gasteiger partial charge in [-0.1, -0.05) is 42.5 Å². The average molecular weight is 261 g/mol. The lowest BCUT2D eigenvalue weighted by atomic mass is 10.1. The van der Waals surface area contributed by atoms with Crippen LogP contribution in [0.4, 0.5) is 0 Å². The molecule has 92 valence electrons. The Hall–Kier alpha value is -1.80. The second kappa shape index (κ2) is 6.22. The molecule has 0 fully saturated rings. The first-order chi connectivity index (χ1) is 8.79. The van der Waals surface area contributed by atoms with Gasteiger partial charge < -0.3 is 4.74 Å². The predicted octanol–water partition coefficient (Wildman–Crippen LogP) is 3.78. The number of alkyl halides is 1. The molecule has 2 nitrogen and oxygen atoms in total. The maximum Gasteiger partial charge on any atom is 0.338 e. The lowest BCUT2D eigenvalue weighted by Crippen LogP contribution is -2.05. The van der Waals surface area contributed by atoms with E-state index < -0.39 is 0 Å². The molecule has 2 rings (SSSR count). The Morgan fingerprint density at radius 2 is 1.61 bits per heavy atom. The number of ether oxygens (including phenoxy) is 1. The Bertz CT molecular complexity index is 506. The summed E-state index contributed by atoms with van der Waals surface area (Å²) in [5.74, 6) is 0.124. The van der Waals surface area contributed by atoms with Crippen molar-refractivity contribution in [3.05, 3.63) is 71.3 Å². The molecular formula is C15H13ClO2. The predicted molar refractivity (Wildman–Crippen MR) is 71.6 cm³/mol. The van der Waals surface area contributed by atoms with Crippen molar-refractivity contribution < 1.29 is 9.53 Å². The van der Waals surface area contributed by atoms with E-state index in [0.717, 1.165) is 11.1 Å². The molecule has 0 amide bonds. The number of benzene rings is 2. The van der Waals surface area contributed by atoms with Crippen LogP contribution in [0.25, 0.3) is 0 Å². The van der Waals surface area contributed by atoms with Crippen molar-refractivity contribution in [2.45, 2.75) is 12.5 Å². The van der Waals surface area contributed by atoms with Gasteiger partial charge in [-0.15, -0.1) is 11.6 Å². The number of hydrogen-bond donors (Lipinski definition) is 0. The summed E-state index contributed by atoms with van der Waals surface area (Å²) in [7, 11) is 0. The van der Waals surface area contributed by atoms with Crippen LogP contribution in [0.5, 0.6) is 0 Å². The quantitative estimate of drug-likeness (QED) is 0.618. The number of halogens is 1. The molecule has 0 aromatic heterocycles. The van der Waals surface area contributed by atoms with E-state index in [2.05, 4.69) is 0 Å². The zero-order valence-corrected chi connectivity index (χ0v) is 10.6. The summed E-state index contributed by atoms with van der Waals surface area (Å²) in [5, 5.41) is 0. The van der Waals surface area contributed by atoms with E-state index >= 15 is 0 Å². The fourth-order valence-electron chi connectivity index (χ4n) is 1.54. The van der Waals surface area contributed by atoms with Crippen LogP contribution < -0.4 is 0 Å². The largest absolute Gasteiger partial charge is 0.457 e. The van der Waals surface area contributed by atoms with E-state index in [1.54, 1.807) is 12.1 Å². The molecule has 0 saturated heterocycles. The second-order valence-electron chi connectivity index (χ2n) is 3.89. The maximum atomic E-state index is 11.8. The van der Waals surface area contributed by atoms with Gasteiger partial charge in [0.15, 0.2) is 0 Å². The number of esters is 1. The van der Waals surface area contributed by atoms with E-state index in [9.17, 15) is 4.79 Å². The molecule has 2 aromatic carbocycles. The van der Waals surface area contributed by atoms with E-state index in [-0.39, 0.29) is 12.6 Å². The Morgan fingerprint density at radius 1 is 0.944 bits per heavy atom. The highest BCUT2D eigenvalue weighted by Crippen LogP contribution is 2.09. The Morgan fingerprint density at radius 3 is 2.22 bits per heavy atom. The zero-order valence-electron chi connectivity index (χ0n) is 9.80. The zero-order chi connectivity index (χ0) is 12.8. The fraction of sp³-hybridized carbons (Fsp3) is 0.133. The summed E-state index contributed by atoms with van der Waals surface area (Å²) in [6, 6.07) is 16.7. The van der Waals surface area contributed by atoms with Gasteiger partial charge in [0.25, 0.3) is 0 Å². The van der Waals surface area contributed by atoms with Crippen LogP contribution in [0.3, 0.4) is 0 Å². The highest BCUT2D eigenvalue weighted by molar-refractivity contribution is 6.17. The van der Waals surface area contributed by atoms with Crippen molar-refractivity contribution in [2.24, 2.45) is 0 Å². The SMILES string of the molecule is O=C(OCc1ccccc1)c1ccc(CCl)cc1. The number of hydrogen-bond acceptors (Lipinski definition) is 2.